The fourth-order valence-corrected chi connectivity index (χ4v) is 2.47. The number of hydrogen-bond acceptors (Lipinski definition) is 0. The van der Waals surface area contributed by atoms with E-state index in [1.54, 1.807) is 0 Å². The van der Waals surface area contributed by atoms with Crippen molar-refractivity contribution in [2.75, 3.05) is 0 Å². The van der Waals surface area contributed by atoms with Gasteiger partial charge in [-0.05, 0) is 27.8 Å². The third-order valence-electron chi connectivity index (χ3n) is 3.15. The molecule has 2 rings (SSSR count). The maximum atomic E-state index is 3.78. The van der Waals surface area contributed by atoms with E-state index in [1.165, 1.54) is 11.1 Å². The van der Waals surface area contributed by atoms with E-state index in [9.17, 15) is 0 Å². The standard InChI is InChI=1S/C17H17Si/c1-3-13-5-9-15(10-6-13)17(18)16-11-7-14(4-2)8-12-16/h3-12,17H,1-2,18H2. The Morgan fingerprint density at radius 3 is 1.33 bits per heavy atom. The summed E-state index contributed by atoms with van der Waals surface area (Å²) in [6, 6.07) is 17.2. The van der Waals surface area contributed by atoms with E-state index in [2.05, 4.69) is 61.7 Å². The van der Waals surface area contributed by atoms with E-state index in [4.69, 9.17) is 0 Å². The molecule has 0 spiro atoms. The maximum absolute atomic E-state index is 3.78. The molecule has 0 fully saturated rings. The van der Waals surface area contributed by atoms with Crippen LogP contribution < -0.4 is 0 Å². The molecule has 0 atom stereocenters. The Morgan fingerprint density at radius 1 is 0.722 bits per heavy atom. The summed E-state index contributed by atoms with van der Waals surface area (Å²) in [4.78, 5) is 0. The Morgan fingerprint density at radius 2 is 1.06 bits per heavy atom. The fraction of sp³-hybridized carbons (Fsp3) is 0.0588. The number of hydrogen-bond donors (Lipinski definition) is 0. The van der Waals surface area contributed by atoms with Gasteiger partial charge in [-0.2, -0.15) is 0 Å². The average molecular weight is 249 g/mol. The van der Waals surface area contributed by atoms with Crippen LogP contribution >= 0.6 is 0 Å². The second-order valence-electron chi connectivity index (χ2n) is 4.29. The smallest absolute Gasteiger partial charge is 0.0239 e. The number of rotatable bonds is 4. The van der Waals surface area contributed by atoms with E-state index < -0.39 is 0 Å². The van der Waals surface area contributed by atoms with Crippen LogP contribution in [0.4, 0.5) is 0 Å². The molecule has 0 amide bonds. The third kappa shape index (κ3) is 2.69. The van der Waals surface area contributed by atoms with Crippen LogP contribution in [0.25, 0.3) is 12.2 Å². The van der Waals surface area contributed by atoms with E-state index in [1.807, 2.05) is 22.4 Å². The van der Waals surface area contributed by atoms with E-state index in [0.717, 1.165) is 11.1 Å². The van der Waals surface area contributed by atoms with Gasteiger partial charge in [-0.3, -0.25) is 0 Å². The van der Waals surface area contributed by atoms with E-state index >= 15 is 0 Å². The zero-order valence-electron chi connectivity index (χ0n) is 10.5. The highest BCUT2D eigenvalue weighted by molar-refractivity contribution is 6.14. The quantitative estimate of drug-likeness (QED) is 0.725. The molecule has 0 aromatic heterocycles. The first kappa shape index (κ1) is 12.6. The Labute approximate surface area is 112 Å². The minimum Gasteiger partial charge on any atom is -0.0985 e. The van der Waals surface area contributed by atoms with Gasteiger partial charge in [-0.25, -0.2) is 0 Å². The zero-order valence-corrected chi connectivity index (χ0v) is 11.9. The van der Waals surface area contributed by atoms with Gasteiger partial charge in [-0.1, -0.05) is 73.8 Å². The van der Waals surface area contributed by atoms with E-state index in [-0.39, 0.29) is 0 Å². The Bertz CT molecular complexity index is 483. The molecule has 1 heteroatoms. The lowest BCUT2D eigenvalue weighted by Gasteiger charge is -2.13. The van der Waals surface area contributed by atoms with Crippen molar-refractivity contribution in [1.29, 1.82) is 0 Å². The monoisotopic (exact) mass is 249 g/mol. The average Bonchev–Trinajstić information content (AvgIpc) is 2.47. The summed E-state index contributed by atoms with van der Waals surface area (Å²) in [5.41, 5.74) is 5.44. The van der Waals surface area contributed by atoms with Crippen LogP contribution in [0.1, 0.15) is 27.8 Å². The van der Waals surface area contributed by atoms with Gasteiger partial charge in [-0.15, -0.1) is 0 Å². The molecule has 0 unspecified atom stereocenters. The SMILES string of the molecule is C=Cc1ccc(C([SiH2])c2ccc(C=C)cc2)cc1. The Hall–Kier alpha value is -1.86. The minimum absolute atomic E-state index is 0.433. The van der Waals surface area contributed by atoms with Gasteiger partial charge in [0.1, 0.15) is 0 Å². The summed E-state index contributed by atoms with van der Waals surface area (Å²) in [5, 5.41) is 0. The molecule has 89 valence electrons. The van der Waals surface area contributed by atoms with Crippen molar-refractivity contribution in [3.8, 4) is 0 Å². The first-order valence-corrected chi connectivity index (χ1v) is 6.84. The molecule has 0 aliphatic heterocycles. The highest BCUT2D eigenvalue weighted by Crippen LogP contribution is 2.22. The second-order valence-corrected chi connectivity index (χ2v) is 5.11. The predicted molar refractivity (Wildman–Crippen MR) is 83.5 cm³/mol. The van der Waals surface area contributed by atoms with E-state index in [0.29, 0.717) is 5.54 Å². The van der Waals surface area contributed by atoms with Gasteiger partial charge in [0, 0.05) is 10.2 Å². The Balaban J connectivity index is 2.25. The van der Waals surface area contributed by atoms with Crippen LogP contribution in [0, 0.1) is 0 Å². The van der Waals surface area contributed by atoms with Crippen LogP contribution in [0.2, 0.25) is 0 Å². The molecule has 0 nitrogen and oxygen atoms in total. The van der Waals surface area contributed by atoms with Crippen molar-refractivity contribution in [3.05, 3.63) is 83.9 Å². The molecule has 0 saturated carbocycles. The van der Waals surface area contributed by atoms with Gasteiger partial charge in [0.15, 0.2) is 0 Å². The molecule has 0 bridgehead atoms. The molecular formula is C17H17Si. The predicted octanol–water partition coefficient (Wildman–Crippen LogP) is 3.70. The summed E-state index contributed by atoms with van der Waals surface area (Å²) in [5.74, 6) is 0. The van der Waals surface area contributed by atoms with Crippen molar-refractivity contribution in [3.63, 3.8) is 0 Å². The molecule has 18 heavy (non-hydrogen) atoms. The van der Waals surface area contributed by atoms with Crippen LogP contribution in [0.15, 0.2) is 61.7 Å². The molecular weight excluding hydrogens is 232 g/mol. The molecule has 0 aliphatic rings. The highest BCUT2D eigenvalue weighted by Gasteiger charge is 2.07. The second kappa shape index (κ2) is 5.65. The lowest BCUT2D eigenvalue weighted by atomic mass is 10.0. The van der Waals surface area contributed by atoms with Gasteiger partial charge in [0.2, 0.25) is 0 Å². The molecule has 0 heterocycles. The van der Waals surface area contributed by atoms with Crippen LogP contribution in [-0.2, 0) is 0 Å². The van der Waals surface area contributed by atoms with Crippen molar-refractivity contribution in [2.24, 2.45) is 0 Å². The van der Waals surface area contributed by atoms with Gasteiger partial charge in [0.25, 0.3) is 0 Å². The van der Waals surface area contributed by atoms with Crippen molar-refractivity contribution in [2.45, 2.75) is 5.54 Å². The van der Waals surface area contributed by atoms with Gasteiger partial charge < -0.3 is 0 Å². The van der Waals surface area contributed by atoms with Crippen molar-refractivity contribution < 1.29 is 0 Å². The largest absolute Gasteiger partial charge is 0.0985 e. The van der Waals surface area contributed by atoms with Gasteiger partial charge in [0.05, 0.1) is 0 Å². The van der Waals surface area contributed by atoms with Crippen LogP contribution in [0.3, 0.4) is 0 Å². The lowest BCUT2D eigenvalue weighted by Crippen LogP contribution is -2.00. The summed E-state index contributed by atoms with van der Waals surface area (Å²) < 4.78 is 0. The molecule has 2 aromatic rings. The summed E-state index contributed by atoms with van der Waals surface area (Å²) in [6.07, 6.45) is 3.74. The number of benzene rings is 2. The summed E-state index contributed by atoms with van der Waals surface area (Å²) >= 11 is 0. The van der Waals surface area contributed by atoms with Gasteiger partial charge >= 0.3 is 0 Å². The molecule has 0 N–H and O–H groups in total. The van der Waals surface area contributed by atoms with Crippen molar-refractivity contribution >= 4 is 22.4 Å². The maximum Gasteiger partial charge on any atom is 0.0239 e. The van der Waals surface area contributed by atoms with Crippen LogP contribution in [0.5, 0.6) is 0 Å². The highest BCUT2D eigenvalue weighted by atomic mass is 28.1. The molecule has 0 aliphatic carbocycles. The molecule has 1 radical (unpaired) electrons. The normalized spacial score (nSPS) is 10.3. The minimum atomic E-state index is 0.433. The summed E-state index contributed by atoms with van der Waals surface area (Å²) in [6.45, 7) is 7.55. The first-order chi connectivity index (χ1) is 8.74. The molecule has 0 saturated heterocycles. The van der Waals surface area contributed by atoms with Crippen LogP contribution in [-0.4, -0.2) is 10.2 Å². The summed E-state index contributed by atoms with van der Waals surface area (Å²) in [7, 11) is 2.00. The zero-order chi connectivity index (χ0) is 13.0. The first-order valence-electron chi connectivity index (χ1n) is 6.02. The Kier molecular flexibility index (Phi) is 3.95. The molecule has 2 aromatic carbocycles. The third-order valence-corrected chi connectivity index (χ3v) is 4.09. The lowest BCUT2D eigenvalue weighted by molar-refractivity contribution is 1.14. The van der Waals surface area contributed by atoms with Crippen molar-refractivity contribution in [1.82, 2.24) is 0 Å². The topological polar surface area (TPSA) is 0 Å². The fourth-order valence-electron chi connectivity index (χ4n) is 1.92.